The summed E-state index contributed by atoms with van der Waals surface area (Å²) >= 11 is 0. The molecule has 2 aromatic carbocycles. The fourth-order valence-corrected chi connectivity index (χ4v) is 2.05. The molecule has 0 aliphatic rings. The molecule has 0 heterocycles. The molecular formula is C18H16FNO5. The van der Waals surface area contributed by atoms with Crippen molar-refractivity contribution >= 4 is 18.0 Å². The van der Waals surface area contributed by atoms with Crippen LogP contribution in [0.25, 0.3) is 6.08 Å². The van der Waals surface area contributed by atoms with Crippen LogP contribution in [0.15, 0.2) is 48.2 Å². The first-order chi connectivity index (χ1) is 11.9. The van der Waals surface area contributed by atoms with Gasteiger partial charge >= 0.3 is 5.97 Å². The maximum absolute atomic E-state index is 12.9. The lowest BCUT2D eigenvalue weighted by Gasteiger charge is -2.10. The summed E-state index contributed by atoms with van der Waals surface area (Å²) < 4.78 is 23.2. The summed E-state index contributed by atoms with van der Waals surface area (Å²) in [6, 6.07) is 9.60. The zero-order chi connectivity index (χ0) is 18.4. The standard InChI is InChI=1S/C18H16FNO5/c1-24-14-7-8-16(25-2)12(9-14)10-15(18(22)23)20-17(21)11-3-5-13(19)6-4-11/h3-10H,1-2H3,(H,20,21)(H,22,23). The van der Waals surface area contributed by atoms with E-state index in [0.29, 0.717) is 17.1 Å². The minimum Gasteiger partial charge on any atom is -0.497 e. The fourth-order valence-electron chi connectivity index (χ4n) is 2.05. The van der Waals surface area contributed by atoms with Crippen molar-refractivity contribution in [1.82, 2.24) is 5.32 Å². The Labute approximate surface area is 143 Å². The van der Waals surface area contributed by atoms with Crippen molar-refractivity contribution < 1.29 is 28.6 Å². The summed E-state index contributed by atoms with van der Waals surface area (Å²) in [7, 11) is 2.92. The van der Waals surface area contributed by atoms with Gasteiger partial charge in [-0.2, -0.15) is 0 Å². The van der Waals surface area contributed by atoms with E-state index in [0.717, 1.165) is 12.1 Å². The molecule has 0 radical (unpaired) electrons. The maximum Gasteiger partial charge on any atom is 0.352 e. The highest BCUT2D eigenvalue weighted by atomic mass is 19.1. The average molecular weight is 345 g/mol. The van der Waals surface area contributed by atoms with Crippen molar-refractivity contribution in [3.8, 4) is 11.5 Å². The molecule has 2 aromatic rings. The number of hydrogen-bond donors (Lipinski definition) is 2. The van der Waals surface area contributed by atoms with Gasteiger partial charge in [0.15, 0.2) is 0 Å². The number of amides is 1. The van der Waals surface area contributed by atoms with Crippen molar-refractivity contribution in [2.24, 2.45) is 0 Å². The Morgan fingerprint density at radius 2 is 1.76 bits per heavy atom. The van der Waals surface area contributed by atoms with E-state index in [2.05, 4.69) is 5.32 Å². The van der Waals surface area contributed by atoms with Gasteiger partial charge in [0.05, 0.1) is 14.2 Å². The lowest BCUT2D eigenvalue weighted by Crippen LogP contribution is -2.27. The molecule has 0 bridgehead atoms. The van der Waals surface area contributed by atoms with E-state index in [9.17, 15) is 19.1 Å². The summed E-state index contributed by atoms with van der Waals surface area (Å²) in [6.45, 7) is 0. The van der Waals surface area contributed by atoms with Gasteiger partial charge in [0, 0.05) is 11.1 Å². The molecule has 2 N–H and O–H groups in total. The molecule has 0 aliphatic heterocycles. The number of nitrogens with one attached hydrogen (secondary N) is 1. The van der Waals surface area contributed by atoms with Crippen LogP contribution in [0.3, 0.4) is 0 Å². The highest BCUT2D eigenvalue weighted by Crippen LogP contribution is 2.26. The van der Waals surface area contributed by atoms with Crippen molar-refractivity contribution in [3.05, 3.63) is 65.1 Å². The molecule has 0 saturated carbocycles. The molecule has 25 heavy (non-hydrogen) atoms. The van der Waals surface area contributed by atoms with Gasteiger partial charge in [-0.25, -0.2) is 9.18 Å². The zero-order valence-electron chi connectivity index (χ0n) is 13.6. The van der Waals surface area contributed by atoms with Gasteiger partial charge in [0.2, 0.25) is 0 Å². The lowest BCUT2D eigenvalue weighted by atomic mass is 10.1. The van der Waals surface area contributed by atoms with Gasteiger partial charge in [-0.05, 0) is 48.5 Å². The number of carboxylic acids is 1. The third-order valence-electron chi connectivity index (χ3n) is 3.32. The Morgan fingerprint density at radius 1 is 1.08 bits per heavy atom. The SMILES string of the molecule is COc1ccc(OC)c(C=C(NC(=O)c2ccc(F)cc2)C(=O)O)c1. The highest BCUT2D eigenvalue weighted by molar-refractivity contribution is 6.02. The second-order valence-corrected chi connectivity index (χ2v) is 4.93. The first-order valence-electron chi connectivity index (χ1n) is 7.18. The van der Waals surface area contributed by atoms with Crippen molar-refractivity contribution in [2.45, 2.75) is 0 Å². The fraction of sp³-hybridized carbons (Fsp3) is 0.111. The van der Waals surface area contributed by atoms with E-state index in [1.54, 1.807) is 18.2 Å². The maximum atomic E-state index is 12.9. The normalized spacial score (nSPS) is 10.9. The second kappa shape index (κ2) is 7.96. The van der Waals surface area contributed by atoms with E-state index < -0.39 is 17.7 Å². The molecule has 2 rings (SSSR count). The lowest BCUT2D eigenvalue weighted by molar-refractivity contribution is -0.132. The van der Waals surface area contributed by atoms with Gasteiger partial charge in [0.25, 0.3) is 5.91 Å². The topological polar surface area (TPSA) is 84.9 Å². The third kappa shape index (κ3) is 4.57. The van der Waals surface area contributed by atoms with E-state index in [1.807, 2.05) is 0 Å². The van der Waals surface area contributed by atoms with Gasteiger partial charge < -0.3 is 19.9 Å². The molecule has 6 nitrogen and oxygen atoms in total. The van der Waals surface area contributed by atoms with Crippen molar-refractivity contribution in [1.29, 1.82) is 0 Å². The Balaban J connectivity index is 2.34. The number of carboxylic acid groups (broad SMARTS) is 1. The monoisotopic (exact) mass is 345 g/mol. The molecule has 0 aromatic heterocycles. The van der Waals surface area contributed by atoms with Crippen LogP contribution in [0.1, 0.15) is 15.9 Å². The number of carbonyl (C=O) groups excluding carboxylic acids is 1. The van der Waals surface area contributed by atoms with Gasteiger partial charge in [-0.3, -0.25) is 4.79 Å². The quantitative estimate of drug-likeness (QED) is 0.787. The molecule has 1 amide bonds. The Bertz CT molecular complexity index is 815. The molecule has 7 heteroatoms. The number of carbonyl (C=O) groups is 2. The first-order valence-corrected chi connectivity index (χ1v) is 7.18. The van der Waals surface area contributed by atoms with Crippen LogP contribution in [0, 0.1) is 5.82 Å². The van der Waals surface area contributed by atoms with Crippen LogP contribution < -0.4 is 14.8 Å². The number of ether oxygens (including phenoxy) is 2. The number of benzene rings is 2. The Hall–Kier alpha value is -3.35. The van der Waals surface area contributed by atoms with E-state index >= 15 is 0 Å². The molecule has 0 fully saturated rings. The van der Waals surface area contributed by atoms with E-state index in [-0.39, 0.29) is 11.3 Å². The number of rotatable bonds is 6. The molecule has 0 aliphatic carbocycles. The summed E-state index contributed by atoms with van der Waals surface area (Å²) in [5.41, 5.74) is 0.186. The summed E-state index contributed by atoms with van der Waals surface area (Å²) in [5, 5.41) is 11.6. The Kier molecular flexibility index (Phi) is 5.73. The summed E-state index contributed by atoms with van der Waals surface area (Å²) in [4.78, 5) is 23.6. The number of methoxy groups -OCH3 is 2. The average Bonchev–Trinajstić information content (AvgIpc) is 2.61. The second-order valence-electron chi connectivity index (χ2n) is 4.93. The van der Waals surface area contributed by atoms with Crippen LogP contribution in [0.2, 0.25) is 0 Å². The third-order valence-corrected chi connectivity index (χ3v) is 3.32. The Morgan fingerprint density at radius 3 is 2.32 bits per heavy atom. The van der Waals surface area contributed by atoms with E-state index in [4.69, 9.17) is 9.47 Å². The number of aliphatic carboxylic acids is 1. The predicted octanol–water partition coefficient (Wildman–Crippen LogP) is 2.70. The van der Waals surface area contributed by atoms with Gasteiger partial charge in [-0.1, -0.05) is 0 Å². The van der Waals surface area contributed by atoms with Crippen LogP contribution in [0.5, 0.6) is 11.5 Å². The molecule has 0 spiro atoms. The van der Waals surface area contributed by atoms with Gasteiger partial charge in [0.1, 0.15) is 23.0 Å². The molecule has 0 saturated heterocycles. The highest BCUT2D eigenvalue weighted by Gasteiger charge is 2.15. The summed E-state index contributed by atoms with van der Waals surface area (Å²) in [6.07, 6.45) is 1.26. The largest absolute Gasteiger partial charge is 0.497 e. The van der Waals surface area contributed by atoms with Crippen molar-refractivity contribution in [3.63, 3.8) is 0 Å². The number of halogens is 1. The first kappa shape index (κ1) is 18.0. The molecule has 0 atom stereocenters. The molecule has 0 unspecified atom stereocenters. The molecule has 130 valence electrons. The molecular weight excluding hydrogens is 329 g/mol. The van der Waals surface area contributed by atoms with Crippen LogP contribution in [-0.4, -0.2) is 31.2 Å². The zero-order valence-corrected chi connectivity index (χ0v) is 13.6. The minimum atomic E-state index is -1.33. The van der Waals surface area contributed by atoms with Crippen LogP contribution in [0.4, 0.5) is 4.39 Å². The predicted molar refractivity (Wildman–Crippen MR) is 89.0 cm³/mol. The van der Waals surface area contributed by atoms with Gasteiger partial charge in [-0.15, -0.1) is 0 Å². The van der Waals surface area contributed by atoms with Crippen LogP contribution in [-0.2, 0) is 4.79 Å². The number of hydrogen-bond acceptors (Lipinski definition) is 4. The van der Waals surface area contributed by atoms with Crippen LogP contribution >= 0.6 is 0 Å². The summed E-state index contributed by atoms with van der Waals surface area (Å²) in [5.74, 6) is -1.58. The minimum absolute atomic E-state index is 0.131. The smallest absolute Gasteiger partial charge is 0.352 e. The van der Waals surface area contributed by atoms with E-state index in [1.165, 1.54) is 32.4 Å². The van der Waals surface area contributed by atoms with Crippen molar-refractivity contribution in [2.75, 3.05) is 14.2 Å².